The minimum absolute atomic E-state index is 0.0355. The highest BCUT2D eigenvalue weighted by Crippen LogP contribution is 2.24. The number of hydrogen-bond donors (Lipinski definition) is 2. The largest absolute Gasteiger partial charge is 0.381 e. The molecule has 5 rings (SSSR count). The zero-order valence-corrected chi connectivity index (χ0v) is 24.0. The number of amides is 1. The number of primary amides is 1. The van der Waals surface area contributed by atoms with Gasteiger partial charge in [-0.3, -0.25) is 18.8 Å². The van der Waals surface area contributed by atoms with E-state index in [1.165, 1.54) is 4.68 Å². The molecule has 3 aromatic heterocycles. The van der Waals surface area contributed by atoms with Crippen LogP contribution >= 0.6 is 0 Å². The van der Waals surface area contributed by atoms with Crippen LogP contribution in [0.2, 0.25) is 0 Å². The maximum absolute atomic E-state index is 13.4. The molecule has 0 saturated heterocycles. The van der Waals surface area contributed by atoms with Crippen LogP contribution in [0.4, 0.5) is 11.6 Å². The van der Waals surface area contributed by atoms with Gasteiger partial charge in [0.15, 0.2) is 11.6 Å². The number of para-hydroxylation sites is 1. The van der Waals surface area contributed by atoms with Crippen LogP contribution in [-0.4, -0.2) is 35.7 Å². The maximum atomic E-state index is 13.4. The van der Waals surface area contributed by atoms with Crippen LogP contribution in [0.1, 0.15) is 41.0 Å². The van der Waals surface area contributed by atoms with E-state index >= 15 is 0 Å². The van der Waals surface area contributed by atoms with Gasteiger partial charge in [0.05, 0.1) is 17.1 Å². The number of anilines is 1. The molecule has 3 heterocycles. The van der Waals surface area contributed by atoms with E-state index in [1.807, 2.05) is 61.8 Å². The van der Waals surface area contributed by atoms with Gasteiger partial charge in [-0.05, 0) is 49.1 Å². The van der Waals surface area contributed by atoms with Gasteiger partial charge >= 0.3 is 0 Å². The average molecular weight is 561 g/mol. The van der Waals surface area contributed by atoms with Crippen molar-refractivity contribution in [3.8, 4) is 17.5 Å². The lowest BCUT2D eigenvalue weighted by Gasteiger charge is -2.14. The van der Waals surface area contributed by atoms with E-state index in [0.717, 1.165) is 34.3 Å². The summed E-state index contributed by atoms with van der Waals surface area (Å²) < 4.78 is 4.91. The normalized spacial score (nSPS) is 10.9. The van der Waals surface area contributed by atoms with Gasteiger partial charge in [0, 0.05) is 42.9 Å². The van der Waals surface area contributed by atoms with Crippen LogP contribution in [-0.2, 0) is 20.5 Å². The molecule has 0 radical (unpaired) electrons. The molecule has 2 aromatic carbocycles. The third-order valence-electron chi connectivity index (χ3n) is 6.41. The predicted octanol–water partition coefficient (Wildman–Crippen LogP) is 4.07. The minimum atomic E-state index is -0.642. The van der Waals surface area contributed by atoms with E-state index in [4.69, 9.17) is 11.5 Å². The lowest BCUT2D eigenvalue weighted by molar-refractivity contribution is 0.100. The quantitative estimate of drug-likeness (QED) is 0.246. The molecule has 0 aliphatic rings. The monoisotopic (exact) mass is 560 g/mol. The number of nitrogens with zero attached hydrogens (tertiary/aromatic N) is 6. The van der Waals surface area contributed by atoms with E-state index in [9.17, 15) is 9.59 Å². The standard InChI is InChI=1S/C23H19N3O.C9H13N5O/c1-3-20-14-19-9-7-8-18(13-12-17-15-24-25(2)16-17)22(19)23(27)26(20)21-10-5-4-6-11-21;1-4-5(2)12-9-6(8(11)15)7(10)13-14(9)3/h4-11,14-16H,3H2,1-2H3;4H,1H2,2-3H3,(H2,10,13)(H2,11,15)/b;12-5-. The molecular weight excluding hydrogens is 528 g/mol. The molecular formula is C32H32N8O2. The summed E-state index contributed by atoms with van der Waals surface area (Å²) in [5.74, 6) is 6.05. The third-order valence-corrected chi connectivity index (χ3v) is 6.41. The first kappa shape index (κ1) is 29.3. The lowest BCUT2D eigenvalue weighted by Crippen LogP contribution is -2.22. The van der Waals surface area contributed by atoms with Crippen molar-refractivity contribution in [3.63, 3.8) is 0 Å². The molecule has 0 aliphatic heterocycles. The van der Waals surface area contributed by atoms with Crippen LogP contribution in [0.25, 0.3) is 16.5 Å². The minimum Gasteiger partial charge on any atom is -0.381 e. The van der Waals surface area contributed by atoms with Gasteiger partial charge in [-0.1, -0.05) is 55.7 Å². The van der Waals surface area contributed by atoms with Gasteiger partial charge in [-0.25, -0.2) is 9.67 Å². The molecule has 0 fully saturated rings. The highest BCUT2D eigenvalue weighted by molar-refractivity contribution is 6.03. The highest BCUT2D eigenvalue weighted by atomic mass is 16.1. The van der Waals surface area contributed by atoms with E-state index in [-0.39, 0.29) is 16.9 Å². The number of carbonyl (C=O) groups excluding carboxylic acids is 1. The topological polar surface area (TPSA) is 139 Å². The summed E-state index contributed by atoms with van der Waals surface area (Å²) in [5.41, 5.74) is 14.9. The van der Waals surface area contributed by atoms with E-state index < -0.39 is 5.91 Å². The van der Waals surface area contributed by atoms with Crippen LogP contribution in [0.3, 0.4) is 0 Å². The fourth-order valence-corrected chi connectivity index (χ4v) is 4.38. The smallest absolute Gasteiger partial charge is 0.264 e. The highest BCUT2D eigenvalue weighted by Gasteiger charge is 2.18. The first-order chi connectivity index (χ1) is 20.1. The number of hydrogen-bond acceptors (Lipinski definition) is 6. The fraction of sp³-hybridized carbons (Fsp3) is 0.156. The zero-order valence-electron chi connectivity index (χ0n) is 24.0. The summed E-state index contributed by atoms with van der Waals surface area (Å²) in [6.45, 7) is 7.37. The van der Waals surface area contributed by atoms with Crippen LogP contribution in [0.15, 0.2) is 89.4 Å². The Labute approximate surface area is 243 Å². The van der Waals surface area contributed by atoms with Crippen LogP contribution in [0, 0.1) is 11.8 Å². The number of nitrogen functional groups attached to an aromatic ring is 1. The van der Waals surface area contributed by atoms with Crippen LogP contribution in [0.5, 0.6) is 0 Å². The number of allylic oxidation sites excluding steroid dienone is 1. The summed E-state index contributed by atoms with van der Waals surface area (Å²) in [7, 11) is 3.49. The third kappa shape index (κ3) is 6.21. The Morgan fingerprint density at radius 1 is 1.12 bits per heavy atom. The molecule has 212 valence electrons. The van der Waals surface area contributed by atoms with Gasteiger partial charge < -0.3 is 11.5 Å². The first-order valence-corrected chi connectivity index (χ1v) is 13.2. The first-order valence-electron chi connectivity index (χ1n) is 13.2. The van der Waals surface area contributed by atoms with Gasteiger partial charge in [0.25, 0.3) is 11.5 Å². The number of rotatable bonds is 5. The second-order valence-electron chi connectivity index (χ2n) is 9.42. The van der Waals surface area contributed by atoms with Gasteiger partial charge in [0.1, 0.15) is 5.56 Å². The number of fused-ring (bicyclic) bond motifs is 1. The molecule has 10 heteroatoms. The average Bonchev–Trinajstić information content (AvgIpc) is 3.52. The Morgan fingerprint density at radius 3 is 2.48 bits per heavy atom. The van der Waals surface area contributed by atoms with E-state index in [1.54, 1.807) is 35.5 Å². The summed E-state index contributed by atoms with van der Waals surface area (Å²) >= 11 is 0. The molecule has 0 bridgehead atoms. The predicted molar refractivity (Wildman–Crippen MR) is 167 cm³/mol. The number of nitrogens with two attached hydrogens (primary N) is 2. The second-order valence-corrected chi connectivity index (χ2v) is 9.42. The lowest BCUT2D eigenvalue weighted by atomic mass is 10.0. The summed E-state index contributed by atoms with van der Waals surface area (Å²) in [4.78, 5) is 28.7. The SMILES string of the molecule is C=C/C(C)=N\c1c(C(N)=O)c(N)nn1C.CCc1cc2cccc(C#Cc3cnn(C)c3)c2c(=O)n1-c1ccccc1. The van der Waals surface area contributed by atoms with Crippen molar-refractivity contribution in [3.05, 3.63) is 112 Å². The number of aliphatic imine (C=N–C) groups is 1. The van der Waals surface area contributed by atoms with Crippen molar-refractivity contribution in [2.75, 3.05) is 5.73 Å². The Hall–Kier alpha value is -5.69. The molecule has 0 atom stereocenters. The second kappa shape index (κ2) is 12.7. The van der Waals surface area contributed by atoms with Gasteiger partial charge in [0.2, 0.25) is 0 Å². The molecule has 42 heavy (non-hydrogen) atoms. The van der Waals surface area contributed by atoms with Crippen molar-refractivity contribution in [1.29, 1.82) is 0 Å². The summed E-state index contributed by atoms with van der Waals surface area (Å²) in [6, 6.07) is 17.6. The molecule has 5 aromatic rings. The molecule has 0 unspecified atom stereocenters. The molecule has 4 N–H and O–H groups in total. The van der Waals surface area contributed by atoms with E-state index in [0.29, 0.717) is 16.9 Å². The Morgan fingerprint density at radius 2 is 1.86 bits per heavy atom. The van der Waals surface area contributed by atoms with Crippen molar-refractivity contribution in [2.45, 2.75) is 20.3 Å². The molecule has 0 spiro atoms. The van der Waals surface area contributed by atoms with Crippen molar-refractivity contribution < 1.29 is 4.79 Å². The number of pyridine rings is 1. The van der Waals surface area contributed by atoms with Crippen molar-refractivity contribution in [1.82, 2.24) is 24.1 Å². The molecule has 10 nitrogen and oxygen atoms in total. The Bertz CT molecular complexity index is 1930. The summed E-state index contributed by atoms with van der Waals surface area (Å²) in [5, 5.41) is 9.57. The van der Waals surface area contributed by atoms with Crippen molar-refractivity contribution in [2.24, 2.45) is 24.8 Å². The van der Waals surface area contributed by atoms with Gasteiger partial charge in [-0.15, -0.1) is 0 Å². The molecule has 0 aliphatic carbocycles. The summed E-state index contributed by atoms with van der Waals surface area (Å²) in [6.07, 6.45) is 5.91. The maximum Gasteiger partial charge on any atom is 0.264 e. The van der Waals surface area contributed by atoms with Crippen LogP contribution < -0.4 is 17.0 Å². The number of aryl methyl sites for hydroxylation is 3. The zero-order chi connectivity index (χ0) is 30.4. The Balaban J connectivity index is 0.000000230. The number of carbonyl (C=O) groups is 1. The van der Waals surface area contributed by atoms with Gasteiger partial charge in [-0.2, -0.15) is 10.2 Å². The Kier molecular flexibility index (Phi) is 8.83. The fourth-order valence-electron chi connectivity index (χ4n) is 4.38. The molecule has 1 amide bonds. The van der Waals surface area contributed by atoms with Crippen molar-refractivity contribution >= 4 is 34.0 Å². The molecule has 0 saturated carbocycles. The number of benzene rings is 2. The van der Waals surface area contributed by atoms with E-state index in [2.05, 4.69) is 46.6 Å². The number of aromatic nitrogens is 5.